The van der Waals surface area contributed by atoms with Crippen molar-refractivity contribution in [2.24, 2.45) is 0 Å². The number of nitro groups is 1. The van der Waals surface area contributed by atoms with Crippen molar-refractivity contribution >= 4 is 38.9 Å². The Bertz CT molecular complexity index is 667. The van der Waals surface area contributed by atoms with Crippen LogP contribution in [0.4, 0.5) is 15.8 Å². The molecule has 0 radical (unpaired) electrons. The summed E-state index contributed by atoms with van der Waals surface area (Å²) in [6, 6.07) is 8.83. The Labute approximate surface area is 127 Å². The molecule has 2 rings (SSSR count). The summed E-state index contributed by atoms with van der Waals surface area (Å²) in [6.07, 6.45) is 0. The molecular formula is C13H9BrClFN2O2. The van der Waals surface area contributed by atoms with Gasteiger partial charge in [-0.3, -0.25) is 10.1 Å². The van der Waals surface area contributed by atoms with Crippen LogP contribution in [0.25, 0.3) is 0 Å². The van der Waals surface area contributed by atoms with Crippen molar-refractivity contribution in [1.29, 1.82) is 0 Å². The van der Waals surface area contributed by atoms with E-state index in [0.717, 1.165) is 0 Å². The fourth-order valence-corrected chi connectivity index (χ4v) is 2.21. The lowest BCUT2D eigenvalue weighted by molar-refractivity contribution is -0.385. The standard InChI is InChI=1S/C13H9BrClFN2O2/c14-9-2-4-11(16)12(5-9)17-7-8-1-3-10(15)6-13(8)18(19)20/h1-6,17H,7H2. The van der Waals surface area contributed by atoms with Gasteiger partial charge in [0.1, 0.15) is 5.82 Å². The van der Waals surface area contributed by atoms with E-state index in [1.54, 1.807) is 24.3 Å². The summed E-state index contributed by atoms with van der Waals surface area (Å²) in [5, 5.41) is 14.1. The first-order chi connectivity index (χ1) is 9.47. The van der Waals surface area contributed by atoms with E-state index in [9.17, 15) is 14.5 Å². The van der Waals surface area contributed by atoms with E-state index >= 15 is 0 Å². The molecule has 2 aromatic rings. The number of halogens is 3. The van der Waals surface area contributed by atoms with Crippen LogP contribution in [0.1, 0.15) is 5.56 Å². The highest BCUT2D eigenvalue weighted by molar-refractivity contribution is 9.10. The molecule has 0 bridgehead atoms. The van der Waals surface area contributed by atoms with E-state index in [2.05, 4.69) is 21.2 Å². The summed E-state index contributed by atoms with van der Waals surface area (Å²) in [5.74, 6) is -0.426. The largest absolute Gasteiger partial charge is 0.378 e. The zero-order chi connectivity index (χ0) is 14.7. The van der Waals surface area contributed by atoms with Crippen LogP contribution in [0.15, 0.2) is 40.9 Å². The third-order valence-corrected chi connectivity index (χ3v) is 3.37. The number of anilines is 1. The van der Waals surface area contributed by atoms with Gasteiger partial charge in [0, 0.05) is 27.7 Å². The van der Waals surface area contributed by atoms with Crippen LogP contribution in [-0.2, 0) is 6.54 Å². The van der Waals surface area contributed by atoms with E-state index in [0.29, 0.717) is 10.0 Å². The van der Waals surface area contributed by atoms with Gasteiger partial charge in [-0.25, -0.2) is 4.39 Å². The molecule has 0 aliphatic rings. The Hall–Kier alpha value is -1.66. The molecule has 0 saturated carbocycles. The minimum absolute atomic E-state index is 0.0968. The molecular weight excluding hydrogens is 351 g/mol. The third kappa shape index (κ3) is 3.46. The van der Waals surface area contributed by atoms with Gasteiger partial charge in [-0.1, -0.05) is 27.5 Å². The molecule has 0 heterocycles. The lowest BCUT2D eigenvalue weighted by Crippen LogP contribution is -2.04. The van der Waals surface area contributed by atoms with E-state index in [4.69, 9.17) is 11.6 Å². The number of nitrogens with one attached hydrogen (secondary N) is 1. The predicted molar refractivity (Wildman–Crippen MR) is 79.5 cm³/mol. The minimum Gasteiger partial charge on any atom is -0.378 e. The summed E-state index contributed by atoms with van der Waals surface area (Å²) >= 11 is 8.97. The molecule has 4 nitrogen and oxygen atoms in total. The number of rotatable bonds is 4. The molecule has 0 aromatic heterocycles. The van der Waals surface area contributed by atoms with Gasteiger partial charge in [-0.2, -0.15) is 0 Å². The maximum absolute atomic E-state index is 13.6. The quantitative estimate of drug-likeness (QED) is 0.632. The molecule has 0 aliphatic carbocycles. The van der Waals surface area contributed by atoms with Gasteiger partial charge < -0.3 is 5.32 Å². The van der Waals surface area contributed by atoms with Crippen molar-refractivity contribution in [1.82, 2.24) is 0 Å². The molecule has 0 aliphatic heterocycles. The highest BCUT2D eigenvalue weighted by Crippen LogP contribution is 2.25. The van der Waals surface area contributed by atoms with Gasteiger partial charge in [0.2, 0.25) is 0 Å². The molecule has 0 atom stereocenters. The molecule has 0 amide bonds. The lowest BCUT2D eigenvalue weighted by atomic mass is 10.1. The monoisotopic (exact) mass is 358 g/mol. The average molecular weight is 360 g/mol. The van der Waals surface area contributed by atoms with Crippen molar-refractivity contribution in [3.8, 4) is 0 Å². The van der Waals surface area contributed by atoms with Crippen molar-refractivity contribution in [2.45, 2.75) is 6.54 Å². The molecule has 0 saturated heterocycles. The van der Waals surface area contributed by atoms with E-state index in [1.807, 2.05) is 0 Å². The third-order valence-electron chi connectivity index (χ3n) is 2.64. The van der Waals surface area contributed by atoms with Crippen LogP contribution < -0.4 is 5.32 Å². The van der Waals surface area contributed by atoms with Crippen LogP contribution in [0.3, 0.4) is 0 Å². The first kappa shape index (κ1) is 14.7. The highest BCUT2D eigenvalue weighted by Gasteiger charge is 2.14. The summed E-state index contributed by atoms with van der Waals surface area (Å²) in [6.45, 7) is 0.126. The Morgan fingerprint density at radius 3 is 2.75 bits per heavy atom. The second-order valence-electron chi connectivity index (χ2n) is 4.01. The SMILES string of the molecule is O=[N+]([O-])c1cc(Cl)ccc1CNc1cc(Br)ccc1F. The van der Waals surface area contributed by atoms with Gasteiger partial charge in [-0.15, -0.1) is 0 Å². The second kappa shape index (κ2) is 6.19. The van der Waals surface area contributed by atoms with E-state index in [-0.39, 0.29) is 22.9 Å². The normalized spacial score (nSPS) is 10.3. The molecule has 0 spiro atoms. The molecule has 104 valence electrons. The minimum atomic E-state index is -0.514. The molecule has 7 heteroatoms. The maximum Gasteiger partial charge on any atom is 0.275 e. The van der Waals surface area contributed by atoms with Gasteiger partial charge in [-0.05, 0) is 30.3 Å². The summed E-state index contributed by atoms with van der Waals surface area (Å²) in [5.41, 5.74) is 0.600. The molecule has 0 unspecified atom stereocenters. The Balaban J connectivity index is 2.23. The molecule has 20 heavy (non-hydrogen) atoms. The van der Waals surface area contributed by atoms with Crippen LogP contribution in [0.2, 0.25) is 5.02 Å². The Kier molecular flexibility index (Phi) is 4.57. The number of hydrogen-bond donors (Lipinski definition) is 1. The summed E-state index contributed by atoms with van der Waals surface area (Å²) < 4.78 is 14.3. The maximum atomic E-state index is 13.6. The topological polar surface area (TPSA) is 55.2 Å². The summed E-state index contributed by atoms with van der Waals surface area (Å²) in [7, 11) is 0. The first-order valence-corrected chi connectivity index (χ1v) is 6.76. The number of hydrogen-bond acceptors (Lipinski definition) is 3. The van der Waals surface area contributed by atoms with Gasteiger partial charge >= 0.3 is 0 Å². The van der Waals surface area contributed by atoms with Crippen molar-refractivity contribution in [2.75, 3.05) is 5.32 Å². The van der Waals surface area contributed by atoms with Crippen LogP contribution in [0.5, 0.6) is 0 Å². The fourth-order valence-electron chi connectivity index (χ4n) is 1.68. The zero-order valence-corrected chi connectivity index (χ0v) is 12.4. The van der Waals surface area contributed by atoms with Crippen LogP contribution >= 0.6 is 27.5 Å². The van der Waals surface area contributed by atoms with Crippen molar-refractivity contribution in [3.63, 3.8) is 0 Å². The van der Waals surface area contributed by atoms with Crippen molar-refractivity contribution < 1.29 is 9.31 Å². The number of nitro benzene ring substituents is 1. The molecule has 1 N–H and O–H groups in total. The fraction of sp³-hybridized carbons (Fsp3) is 0.0769. The average Bonchev–Trinajstić information content (AvgIpc) is 2.40. The van der Waals surface area contributed by atoms with E-state index in [1.165, 1.54) is 12.1 Å². The van der Waals surface area contributed by atoms with Gasteiger partial charge in [0.25, 0.3) is 5.69 Å². The molecule has 0 fully saturated rings. The van der Waals surface area contributed by atoms with Crippen molar-refractivity contribution in [3.05, 3.63) is 67.4 Å². The Morgan fingerprint density at radius 1 is 1.30 bits per heavy atom. The number of nitrogens with zero attached hydrogens (tertiary/aromatic N) is 1. The van der Waals surface area contributed by atoms with Gasteiger partial charge in [0.05, 0.1) is 10.6 Å². The van der Waals surface area contributed by atoms with Gasteiger partial charge in [0.15, 0.2) is 0 Å². The first-order valence-electron chi connectivity index (χ1n) is 5.59. The zero-order valence-electron chi connectivity index (χ0n) is 10.1. The van der Waals surface area contributed by atoms with Crippen LogP contribution in [0, 0.1) is 15.9 Å². The highest BCUT2D eigenvalue weighted by atomic mass is 79.9. The second-order valence-corrected chi connectivity index (χ2v) is 5.36. The Morgan fingerprint density at radius 2 is 2.05 bits per heavy atom. The smallest absolute Gasteiger partial charge is 0.275 e. The van der Waals surface area contributed by atoms with Crippen LogP contribution in [-0.4, -0.2) is 4.92 Å². The molecule has 2 aromatic carbocycles. The predicted octanol–water partition coefficient (Wildman–Crippen LogP) is 4.76. The van der Waals surface area contributed by atoms with E-state index < -0.39 is 10.7 Å². The lowest BCUT2D eigenvalue weighted by Gasteiger charge is -2.09. The summed E-state index contributed by atoms with van der Waals surface area (Å²) in [4.78, 5) is 10.4. The number of benzene rings is 2.